The summed E-state index contributed by atoms with van der Waals surface area (Å²) in [5.41, 5.74) is 4.07. The normalized spacial score (nSPS) is 10.9. The van der Waals surface area contributed by atoms with Crippen molar-refractivity contribution in [3.63, 3.8) is 0 Å². The second kappa shape index (κ2) is 4.82. The number of aromatic hydroxyl groups is 1. The Kier molecular flexibility index (Phi) is 3.67. The number of primary amides is 1. The number of hydrogen-bond donors (Lipinski definition) is 3. The predicted octanol–water partition coefficient (Wildman–Crippen LogP) is 0.441. The molecule has 0 aliphatic heterocycles. The van der Waals surface area contributed by atoms with Crippen LogP contribution in [0, 0.1) is 11.8 Å². The highest BCUT2D eigenvalue weighted by Gasteiger charge is 2.29. The summed E-state index contributed by atoms with van der Waals surface area (Å²) in [5, 5.41) is 11.7. The molecule has 0 atom stereocenters. The van der Waals surface area contributed by atoms with E-state index in [1.807, 2.05) is 0 Å². The van der Waals surface area contributed by atoms with Crippen LogP contribution in [0.1, 0.15) is 13.8 Å². The van der Waals surface area contributed by atoms with Gasteiger partial charge in [0.2, 0.25) is 11.8 Å². The van der Waals surface area contributed by atoms with Crippen molar-refractivity contribution in [3.05, 3.63) is 24.8 Å². The van der Waals surface area contributed by atoms with Crippen molar-refractivity contribution < 1.29 is 14.7 Å². The first-order valence-corrected chi connectivity index (χ1v) is 4.94. The van der Waals surface area contributed by atoms with Crippen molar-refractivity contribution in [1.82, 2.24) is 4.98 Å². The van der Waals surface area contributed by atoms with Crippen LogP contribution in [0.25, 0.3) is 0 Å². The minimum atomic E-state index is -1.06. The number of carbonyl (C=O) groups is 2. The smallest absolute Gasteiger partial charge is 0.230 e. The topological polar surface area (TPSA) is 105 Å². The first kappa shape index (κ1) is 13.0. The number of carbonyl (C=O) groups excluding carboxylic acids is 2. The van der Waals surface area contributed by atoms with Crippen molar-refractivity contribution in [2.45, 2.75) is 13.8 Å². The molecule has 0 spiro atoms. The van der Waals surface area contributed by atoms with Gasteiger partial charge in [0.25, 0.3) is 0 Å². The van der Waals surface area contributed by atoms with Crippen LogP contribution in [0.2, 0.25) is 0 Å². The van der Waals surface area contributed by atoms with E-state index in [9.17, 15) is 14.7 Å². The molecule has 1 radical (unpaired) electrons. The molecular formula is C11H14N3O3. The van der Waals surface area contributed by atoms with E-state index in [1.54, 1.807) is 0 Å². The number of amides is 2. The molecule has 0 saturated carbocycles. The molecule has 17 heavy (non-hydrogen) atoms. The summed E-state index contributed by atoms with van der Waals surface area (Å²) < 4.78 is 0. The van der Waals surface area contributed by atoms with Gasteiger partial charge in [0.05, 0.1) is 11.8 Å². The van der Waals surface area contributed by atoms with E-state index in [2.05, 4.69) is 10.3 Å². The van der Waals surface area contributed by atoms with Gasteiger partial charge in [-0.05, 0) is 12.1 Å². The molecule has 1 aromatic heterocycles. The predicted molar refractivity (Wildman–Crippen MR) is 61.8 cm³/mol. The molecule has 6 heteroatoms. The van der Waals surface area contributed by atoms with Gasteiger partial charge in [-0.1, -0.05) is 13.8 Å². The highest BCUT2D eigenvalue weighted by molar-refractivity contribution is 6.01. The van der Waals surface area contributed by atoms with Gasteiger partial charge in [0.1, 0.15) is 0 Å². The highest BCUT2D eigenvalue weighted by Crippen LogP contribution is 2.22. The number of hydrogen-bond acceptors (Lipinski definition) is 4. The fraction of sp³-hybridized carbons (Fsp3) is 0.273. The number of pyridine rings is 1. The van der Waals surface area contributed by atoms with Gasteiger partial charge in [0, 0.05) is 6.20 Å². The lowest BCUT2D eigenvalue weighted by Gasteiger charge is -2.18. The molecule has 0 aromatic carbocycles. The lowest BCUT2D eigenvalue weighted by atomic mass is 9.88. The van der Waals surface area contributed by atoms with Crippen LogP contribution in [0.15, 0.2) is 18.3 Å². The summed E-state index contributed by atoms with van der Waals surface area (Å²) in [6.45, 7) is 3.04. The second-order valence-corrected chi connectivity index (χ2v) is 4.09. The van der Waals surface area contributed by atoms with Gasteiger partial charge in [-0.15, -0.1) is 0 Å². The number of nitrogens with zero attached hydrogens (tertiary/aromatic N) is 1. The van der Waals surface area contributed by atoms with Crippen LogP contribution in [0.4, 0.5) is 5.82 Å². The summed E-state index contributed by atoms with van der Waals surface area (Å²) in [6.07, 6.45) is 2.57. The van der Waals surface area contributed by atoms with E-state index in [-0.39, 0.29) is 11.6 Å². The molecule has 1 aromatic rings. The Labute approximate surface area is 98.8 Å². The van der Waals surface area contributed by atoms with E-state index in [4.69, 9.17) is 5.73 Å². The van der Waals surface area contributed by atoms with Crippen molar-refractivity contribution in [2.75, 3.05) is 5.32 Å². The zero-order valence-electron chi connectivity index (χ0n) is 9.60. The Morgan fingerprint density at radius 3 is 2.71 bits per heavy atom. The van der Waals surface area contributed by atoms with Gasteiger partial charge < -0.3 is 16.2 Å². The largest absolute Gasteiger partial charge is 0.504 e. The Morgan fingerprint density at radius 2 is 2.18 bits per heavy atom. The molecule has 1 rings (SSSR count). The zero-order valence-corrected chi connectivity index (χ0v) is 9.60. The average Bonchev–Trinajstić information content (AvgIpc) is 2.20. The molecule has 6 nitrogen and oxygen atoms in total. The van der Waals surface area contributed by atoms with Crippen molar-refractivity contribution in [1.29, 1.82) is 0 Å². The third kappa shape index (κ3) is 3.44. The van der Waals surface area contributed by atoms with E-state index >= 15 is 0 Å². The first-order chi connectivity index (χ1) is 7.83. The van der Waals surface area contributed by atoms with E-state index in [0.717, 1.165) is 6.42 Å². The Bertz CT molecular complexity index is 443. The fourth-order valence-electron chi connectivity index (χ4n) is 1.04. The zero-order chi connectivity index (χ0) is 13.1. The first-order valence-electron chi connectivity index (χ1n) is 4.94. The SMILES string of the molecule is CC(C)([CH]C(=O)Nc1ncccc1O)C(N)=O. The summed E-state index contributed by atoms with van der Waals surface area (Å²) in [5.74, 6) is -1.28. The number of nitrogens with one attached hydrogen (secondary N) is 1. The van der Waals surface area contributed by atoms with Crippen LogP contribution >= 0.6 is 0 Å². The molecule has 1 heterocycles. The molecule has 91 valence electrons. The molecule has 0 saturated heterocycles. The molecule has 0 aliphatic carbocycles. The van der Waals surface area contributed by atoms with Crippen LogP contribution in [0.5, 0.6) is 5.75 Å². The van der Waals surface area contributed by atoms with Gasteiger partial charge in [-0.3, -0.25) is 9.59 Å². The van der Waals surface area contributed by atoms with E-state index in [1.165, 1.54) is 32.2 Å². The molecule has 0 unspecified atom stereocenters. The summed E-state index contributed by atoms with van der Waals surface area (Å²) in [4.78, 5) is 26.4. The summed E-state index contributed by atoms with van der Waals surface area (Å²) in [6, 6.07) is 2.92. The standard InChI is InChI=1S/C11H14N3O3/c1-11(2,10(12)17)6-8(16)14-9-7(15)4-3-5-13-9/h3-6,15H,1-2H3,(H2,12,17)(H,13,14,16). The van der Waals surface area contributed by atoms with Gasteiger partial charge in [-0.25, -0.2) is 4.98 Å². The molecule has 0 aliphatic rings. The quantitative estimate of drug-likeness (QED) is 0.705. The second-order valence-electron chi connectivity index (χ2n) is 4.09. The van der Waals surface area contributed by atoms with Gasteiger partial charge in [0.15, 0.2) is 11.6 Å². The van der Waals surface area contributed by atoms with Crippen LogP contribution in [-0.4, -0.2) is 21.9 Å². The summed E-state index contributed by atoms with van der Waals surface area (Å²) in [7, 11) is 0. The Morgan fingerprint density at radius 1 is 1.53 bits per heavy atom. The van der Waals surface area contributed by atoms with Crippen LogP contribution < -0.4 is 11.1 Å². The minimum absolute atomic E-state index is 0.0361. The van der Waals surface area contributed by atoms with Crippen molar-refractivity contribution in [2.24, 2.45) is 11.1 Å². The molecule has 0 bridgehead atoms. The molecule has 4 N–H and O–H groups in total. The maximum atomic E-state index is 11.6. The molecule has 2 amide bonds. The Hall–Kier alpha value is -2.11. The number of anilines is 1. The highest BCUT2D eigenvalue weighted by atomic mass is 16.3. The van der Waals surface area contributed by atoms with Crippen LogP contribution in [0.3, 0.4) is 0 Å². The monoisotopic (exact) mass is 236 g/mol. The third-order valence-electron chi connectivity index (χ3n) is 2.16. The van der Waals surface area contributed by atoms with Crippen LogP contribution in [-0.2, 0) is 9.59 Å². The average molecular weight is 236 g/mol. The number of aromatic nitrogens is 1. The molecular weight excluding hydrogens is 222 g/mol. The lowest BCUT2D eigenvalue weighted by Crippen LogP contribution is -2.35. The summed E-state index contributed by atoms with van der Waals surface area (Å²) >= 11 is 0. The lowest BCUT2D eigenvalue weighted by molar-refractivity contribution is -0.127. The Balaban J connectivity index is 2.69. The van der Waals surface area contributed by atoms with E-state index < -0.39 is 17.2 Å². The maximum absolute atomic E-state index is 11.6. The number of rotatable bonds is 4. The van der Waals surface area contributed by atoms with Crippen molar-refractivity contribution >= 4 is 17.6 Å². The fourth-order valence-corrected chi connectivity index (χ4v) is 1.04. The number of nitrogens with two attached hydrogens (primary N) is 1. The minimum Gasteiger partial charge on any atom is -0.504 e. The van der Waals surface area contributed by atoms with Gasteiger partial charge >= 0.3 is 0 Å². The third-order valence-corrected chi connectivity index (χ3v) is 2.16. The van der Waals surface area contributed by atoms with E-state index in [0.29, 0.717) is 0 Å². The maximum Gasteiger partial charge on any atom is 0.230 e. The van der Waals surface area contributed by atoms with Gasteiger partial charge in [-0.2, -0.15) is 0 Å². The molecule has 0 fully saturated rings. The van der Waals surface area contributed by atoms with Crippen molar-refractivity contribution in [3.8, 4) is 5.75 Å².